The molecule has 0 radical (unpaired) electrons. The Kier molecular flexibility index (Phi) is 3.53. The van der Waals surface area contributed by atoms with Gasteiger partial charge in [-0.1, -0.05) is 13.8 Å². The van der Waals surface area contributed by atoms with E-state index in [9.17, 15) is 4.79 Å². The van der Waals surface area contributed by atoms with E-state index in [2.05, 4.69) is 18.7 Å². The molecule has 0 aromatic carbocycles. The predicted molar refractivity (Wildman–Crippen MR) is 65.1 cm³/mol. The van der Waals surface area contributed by atoms with Crippen molar-refractivity contribution in [2.24, 2.45) is 17.8 Å². The number of rotatable bonds is 3. The summed E-state index contributed by atoms with van der Waals surface area (Å²) < 4.78 is 0. The van der Waals surface area contributed by atoms with Gasteiger partial charge >= 0.3 is 0 Å². The maximum Gasteiger partial charge on any atom is 0.236 e. The van der Waals surface area contributed by atoms with Gasteiger partial charge in [-0.05, 0) is 30.6 Å². The maximum absolute atomic E-state index is 11.5. The Morgan fingerprint density at radius 2 is 2.00 bits per heavy atom. The molecule has 2 aliphatic rings. The quantitative estimate of drug-likeness (QED) is 0.724. The zero-order valence-electron chi connectivity index (χ0n) is 10.8. The summed E-state index contributed by atoms with van der Waals surface area (Å²) in [7, 11) is 1.90. The van der Waals surface area contributed by atoms with Gasteiger partial charge < -0.3 is 4.90 Å². The number of carbonyl (C=O) groups excluding carboxylic acids is 1. The number of amides is 1. The van der Waals surface area contributed by atoms with E-state index in [-0.39, 0.29) is 5.91 Å². The molecule has 92 valence electrons. The first kappa shape index (κ1) is 11.9. The van der Waals surface area contributed by atoms with Crippen molar-refractivity contribution in [2.45, 2.75) is 26.7 Å². The van der Waals surface area contributed by atoms with Crippen molar-refractivity contribution in [3.8, 4) is 0 Å². The third-order valence-electron chi connectivity index (χ3n) is 4.27. The molecule has 2 fully saturated rings. The summed E-state index contributed by atoms with van der Waals surface area (Å²) in [6.07, 6.45) is 2.75. The minimum Gasteiger partial charge on any atom is -0.343 e. The lowest BCUT2D eigenvalue weighted by Gasteiger charge is -2.42. The number of likely N-dealkylation sites (N-methyl/N-ethyl adjacent to an activating group) is 1. The summed E-state index contributed by atoms with van der Waals surface area (Å²) in [5.74, 6) is 2.91. The van der Waals surface area contributed by atoms with Gasteiger partial charge in [-0.2, -0.15) is 0 Å². The molecule has 1 saturated heterocycles. The predicted octanol–water partition coefficient (Wildman–Crippen LogP) is 1.44. The summed E-state index contributed by atoms with van der Waals surface area (Å²) >= 11 is 0. The third kappa shape index (κ3) is 2.57. The van der Waals surface area contributed by atoms with Crippen molar-refractivity contribution in [1.29, 1.82) is 0 Å². The lowest BCUT2D eigenvalue weighted by molar-refractivity contribution is -0.134. The summed E-state index contributed by atoms with van der Waals surface area (Å²) in [6.45, 7) is 8.38. The van der Waals surface area contributed by atoms with E-state index in [1.165, 1.54) is 12.8 Å². The van der Waals surface area contributed by atoms with Gasteiger partial charge in [0.2, 0.25) is 5.91 Å². The number of nitrogens with zero attached hydrogens (tertiary/aromatic N) is 2. The molecule has 3 nitrogen and oxygen atoms in total. The van der Waals surface area contributed by atoms with Crippen molar-refractivity contribution < 1.29 is 4.79 Å². The molecule has 1 aliphatic carbocycles. The van der Waals surface area contributed by atoms with Gasteiger partial charge in [-0.15, -0.1) is 0 Å². The van der Waals surface area contributed by atoms with Crippen LogP contribution in [0.4, 0.5) is 0 Å². The number of hydrogen-bond acceptors (Lipinski definition) is 2. The van der Waals surface area contributed by atoms with Crippen molar-refractivity contribution in [1.82, 2.24) is 9.80 Å². The highest BCUT2D eigenvalue weighted by Crippen LogP contribution is 2.39. The molecular formula is C13H24N2O. The van der Waals surface area contributed by atoms with E-state index in [1.54, 1.807) is 0 Å². The van der Waals surface area contributed by atoms with Gasteiger partial charge in [-0.3, -0.25) is 9.69 Å². The van der Waals surface area contributed by atoms with Crippen molar-refractivity contribution in [3.05, 3.63) is 0 Å². The topological polar surface area (TPSA) is 23.6 Å². The van der Waals surface area contributed by atoms with Gasteiger partial charge in [0.05, 0.1) is 6.54 Å². The van der Waals surface area contributed by atoms with Gasteiger partial charge in [0, 0.05) is 26.7 Å². The average molecular weight is 224 g/mol. The highest BCUT2D eigenvalue weighted by atomic mass is 16.2. The Labute approximate surface area is 98.8 Å². The Morgan fingerprint density at radius 1 is 1.31 bits per heavy atom. The second kappa shape index (κ2) is 4.74. The first-order chi connectivity index (χ1) is 7.56. The molecule has 0 aromatic rings. The molecule has 0 unspecified atom stereocenters. The Bertz CT molecular complexity index is 259. The van der Waals surface area contributed by atoms with E-state index in [4.69, 9.17) is 0 Å². The number of hydrogen-bond donors (Lipinski definition) is 0. The van der Waals surface area contributed by atoms with Gasteiger partial charge in [0.1, 0.15) is 0 Å². The van der Waals surface area contributed by atoms with Crippen molar-refractivity contribution in [2.75, 3.05) is 33.2 Å². The summed E-state index contributed by atoms with van der Waals surface area (Å²) in [5.41, 5.74) is 0. The normalized spacial score (nSPS) is 32.0. The van der Waals surface area contributed by atoms with Gasteiger partial charge in [0.25, 0.3) is 0 Å². The minimum atomic E-state index is 0.283. The molecule has 1 saturated carbocycles. The fourth-order valence-corrected chi connectivity index (χ4v) is 2.81. The molecule has 0 N–H and O–H groups in total. The highest BCUT2D eigenvalue weighted by molar-refractivity contribution is 5.78. The van der Waals surface area contributed by atoms with Crippen LogP contribution in [-0.2, 0) is 4.79 Å². The second-order valence-electron chi connectivity index (χ2n) is 5.89. The molecule has 0 spiro atoms. The SMILES string of the molecule is CC(C)C1CC(CN2CCN(C)C(=O)C2)C1. The Balaban J connectivity index is 1.70. The molecule has 0 bridgehead atoms. The summed E-state index contributed by atoms with van der Waals surface area (Å²) in [5, 5.41) is 0. The fraction of sp³-hybridized carbons (Fsp3) is 0.923. The molecule has 0 atom stereocenters. The van der Waals surface area contributed by atoms with Crippen molar-refractivity contribution in [3.63, 3.8) is 0 Å². The standard InChI is InChI=1S/C13H24N2O/c1-10(2)12-6-11(7-12)8-15-5-4-14(3)13(16)9-15/h10-12H,4-9H2,1-3H3. The molecular weight excluding hydrogens is 200 g/mol. The molecule has 1 amide bonds. The molecule has 16 heavy (non-hydrogen) atoms. The smallest absolute Gasteiger partial charge is 0.236 e. The lowest BCUT2D eigenvalue weighted by Crippen LogP contribution is -2.50. The van der Waals surface area contributed by atoms with Crippen LogP contribution in [-0.4, -0.2) is 48.9 Å². The van der Waals surface area contributed by atoms with E-state index < -0.39 is 0 Å². The van der Waals surface area contributed by atoms with E-state index in [0.29, 0.717) is 6.54 Å². The molecule has 1 aliphatic heterocycles. The van der Waals surface area contributed by atoms with Crippen molar-refractivity contribution >= 4 is 5.91 Å². The zero-order valence-corrected chi connectivity index (χ0v) is 10.8. The zero-order chi connectivity index (χ0) is 11.7. The van der Waals surface area contributed by atoms with Gasteiger partial charge in [-0.25, -0.2) is 0 Å². The van der Waals surface area contributed by atoms with E-state index >= 15 is 0 Å². The van der Waals surface area contributed by atoms with Crippen LogP contribution in [0.3, 0.4) is 0 Å². The van der Waals surface area contributed by atoms with Crippen LogP contribution in [0.5, 0.6) is 0 Å². The first-order valence-corrected chi connectivity index (χ1v) is 6.52. The van der Waals surface area contributed by atoms with Crippen LogP contribution in [0, 0.1) is 17.8 Å². The van der Waals surface area contributed by atoms with Crippen LogP contribution >= 0.6 is 0 Å². The average Bonchev–Trinajstić information content (AvgIpc) is 2.15. The summed E-state index contributed by atoms with van der Waals surface area (Å²) in [6, 6.07) is 0. The summed E-state index contributed by atoms with van der Waals surface area (Å²) in [4.78, 5) is 15.7. The Hall–Kier alpha value is -0.570. The largest absolute Gasteiger partial charge is 0.343 e. The lowest BCUT2D eigenvalue weighted by atomic mass is 9.69. The van der Waals surface area contributed by atoms with Crippen LogP contribution in [0.2, 0.25) is 0 Å². The molecule has 2 rings (SSSR count). The van der Waals surface area contributed by atoms with Crippen LogP contribution < -0.4 is 0 Å². The second-order valence-corrected chi connectivity index (χ2v) is 5.89. The molecule has 3 heteroatoms. The monoisotopic (exact) mass is 224 g/mol. The highest BCUT2D eigenvalue weighted by Gasteiger charge is 2.33. The van der Waals surface area contributed by atoms with E-state index in [1.807, 2.05) is 11.9 Å². The first-order valence-electron chi connectivity index (χ1n) is 6.52. The fourth-order valence-electron chi connectivity index (χ4n) is 2.81. The van der Waals surface area contributed by atoms with Crippen LogP contribution in [0.1, 0.15) is 26.7 Å². The van der Waals surface area contributed by atoms with E-state index in [0.717, 1.165) is 37.4 Å². The van der Waals surface area contributed by atoms with Crippen LogP contribution in [0.25, 0.3) is 0 Å². The molecule has 1 heterocycles. The number of piperazine rings is 1. The van der Waals surface area contributed by atoms with Gasteiger partial charge in [0.15, 0.2) is 0 Å². The molecule has 0 aromatic heterocycles. The maximum atomic E-state index is 11.5. The minimum absolute atomic E-state index is 0.283. The Morgan fingerprint density at radius 3 is 2.56 bits per heavy atom. The number of carbonyl (C=O) groups is 1. The van der Waals surface area contributed by atoms with Crippen LogP contribution in [0.15, 0.2) is 0 Å². The third-order valence-corrected chi connectivity index (χ3v) is 4.27.